The van der Waals surface area contributed by atoms with E-state index in [0.717, 1.165) is 26.2 Å². The van der Waals surface area contributed by atoms with Crippen LogP contribution in [0.25, 0.3) is 0 Å². The van der Waals surface area contributed by atoms with Gasteiger partial charge in [0.1, 0.15) is 0 Å². The Morgan fingerprint density at radius 3 is 2.76 bits per heavy atom. The van der Waals surface area contributed by atoms with Crippen LogP contribution in [-0.4, -0.2) is 36.1 Å². The van der Waals surface area contributed by atoms with E-state index in [0.29, 0.717) is 6.04 Å². The maximum absolute atomic E-state index is 4.71. The number of aryl methyl sites for hydroxylation is 2. The van der Waals surface area contributed by atoms with Crippen LogP contribution in [-0.2, 0) is 0 Å². The first kappa shape index (κ1) is 14.7. The number of aromatic nitrogens is 1. The summed E-state index contributed by atoms with van der Waals surface area (Å²) in [7, 11) is 0. The molecule has 1 N–H and O–H groups in total. The average molecular weight is 301 g/mol. The first-order chi connectivity index (χ1) is 10.2. The van der Waals surface area contributed by atoms with Crippen molar-refractivity contribution in [2.75, 3.05) is 26.2 Å². The summed E-state index contributed by atoms with van der Waals surface area (Å²) in [6.07, 6.45) is 3.19. The number of rotatable bonds is 3. The number of nitrogens with one attached hydrogen (secondary N) is 1. The lowest BCUT2D eigenvalue weighted by molar-refractivity contribution is 0.240. The minimum Gasteiger partial charge on any atom is -0.315 e. The summed E-state index contributed by atoms with van der Waals surface area (Å²) in [5, 5.41) is 3.49. The van der Waals surface area contributed by atoms with Crippen molar-refractivity contribution in [2.24, 2.45) is 0 Å². The second-order valence-electron chi connectivity index (χ2n) is 5.75. The normalized spacial score (nSPS) is 18.4. The van der Waals surface area contributed by atoms with Crippen LogP contribution >= 0.6 is 11.3 Å². The molecule has 0 radical (unpaired) electrons. The molecule has 0 aromatic carbocycles. The molecule has 21 heavy (non-hydrogen) atoms. The smallest absolute Gasteiger partial charge is 0.0870 e. The third-order valence-corrected chi connectivity index (χ3v) is 5.04. The maximum atomic E-state index is 4.71. The molecule has 0 aliphatic carbocycles. The van der Waals surface area contributed by atoms with Crippen LogP contribution in [0.1, 0.15) is 33.5 Å². The van der Waals surface area contributed by atoms with E-state index in [4.69, 9.17) is 4.98 Å². The van der Waals surface area contributed by atoms with E-state index in [-0.39, 0.29) is 0 Å². The SMILES string of the molecule is Cc1ccc(C(c2ccc(C)s2)N2CCCNCC2)nc1. The highest BCUT2D eigenvalue weighted by Crippen LogP contribution is 2.32. The summed E-state index contributed by atoms with van der Waals surface area (Å²) in [6, 6.07) is 9.14. The van der Waals surface area contributed by atoms with Crippen molar-refractivity contribution in [3.05, 3.63) is 51.5 Å². The molecule has 3 heterocycles. The van der Waals surface area contributed by atoms with E-state index >= 15 is 0 Å². The van der Waals surface area contributed by atoms with Crippen molar-refractivity contribution in [2.45, 2.75) is 26.3 Å². The molecule has 1 aliphatic heterocycles. The molecule has 2 aromatic heterocycles. The Bertz CT molecular complexity index is 568. The lowest BCUT2D eigenvalue weighted by Gasteiger charge is -2.29. The summed E-state index contributed by atoms with van der Waals surface area (Å²) in [6.45, 7) is 8.66. The molecule has 1 unspecified atom stereocenters. The highest BCUT2D eigenvalue weighted by Gasteiger charge is 2.25. The lowest BCUT2D eigenvalue weighted by atomic mass is 10.1. The topological polar surface area (TPSA) is 28.2 Å². The van der Waals surface area contributed by atoms with Crippen LogP contribution in [0.15, 0.2) is 30.5 Å². The van der Waals surface area contributed by atoms with E-state index in [1.165, 1.54) is 27.4 Å². The van der Waals surface area contributed by atoms with Crippen molar-refractivity contribution in [3.63, 3.8) is 0 Å². The van der Waals surface area contributed by atoms with E-state index < -0.39 is 0 Å². The van der Waals surface area contributed by atoms with Gasteiger partial charge < -0.3 is 5.32 Å². The van der Waals surface area contributed by atoms with Crippen LogP contribution in [0.5, 0.6) is 0 Å². The number of pyridine rings is 1. The number of nitrogens with zero attached hydrogens (tertiary/aromatic N) is 2. The van der Waals surface area contributed by atoms with E-state index in [1.54, 1.807) is 0 Å². The van der Waals surface area contributed by atoms with Crippen molar-refractivity contribution < 1.29 is 0 Å². The first-order valence-corrected chi connectivity index (χ1v) is 8.49. The molecule has 0 amide bonds. The quantitative estimate of drug-likeness (QED) is 0.944. The number of hydrogen-bond acceptors (Lipinski definition) is 4. The van der Waals surface area contributed by atoms with Gasteiger partial charge in [0.15, 0.2) is 0 Å². The van der Waals surface area contributed by atoms with Crippen molar-refractivity contribution >= 4 is 11.3 Å². The Morgan fingerprint density at radius 2 is 2.05 bits per heavy atom. The third kappa shape index (κ3) is 3.51. The zero-order chi connectivity index (χ0) is 14.7. The van der Waals surface area contributed by atoms with Gasteiger partial charge in [-0.1, -0.05) is 6.07 Å². The summed E-state index contributed by atoms with van der Waals surface area (Å²) in [4.78, 5) is 10.1. The summed E-state index contributed by atoms with van der Waals surface area (Å²) in [5.74, 6) is 0. The second kappa shape index (κ2) is 6.69. The number of thiophene rings is 1. The molecule has 0 bridgehead atoms. The highest BCUT2D eigenvalue weighted by molar-refractivity contribution is 7.12. The zero-order valence-corrected chi connectivity index (χ0v) is 13.6. The van der Waals surface area contributed by atoms with E-state index in [1.807, 2.05) is 17.5 Å². The van der Waals surface area contributed by atoms with Gasteiger partial charge in [-0.15, -0.1) is 11.3 Å². The molecule has 1 fully saturated rings. The Kier molecular flexibility index (Phi) is 4.68. The minimum absolute atomic E-state index is 0.296. The van der Waals surface area contributed by atoms with Gasteiger partial charge in [-0.3, -0.25) is 9.88 Å². The first-order valence-electron chi connectivity index (χ1n) is 7.68. The van der Waals surface area contributed by atoms with Crippen molar-refractivity contribution in [1.82, 2.24) is 15.2 Å². The standard InChI is InChI=1S/C17H23N3S/c1-13-4-6-15(19-12-13)17(16-7-5-14(2)21-16)20-10-3-8-18-9-11-20/h4-7,12,17-18H,3,8-11H2,1-2H3. The molecular weight excluding hydrogens is 278 g/mol. The van der Waals surface area contributed by atoms with Crippen LogP contribution in [0.3, 0.4) is 0 Å². The van der Waals surface area contributed by atoms with Gasteiger partial charge in [-0.25, -0.2) is 0 Å². The van der Waals surface area contributed by atoms with Crippen LogP contribution in [0.4, 0.5) is 0 Å². The van der Waals surface area contributed by atoms with Gasteiger partial charge in [0.25, 0.3) is 0 Å². The van der Waals surface area contributed by atoms with Crippen molar-refractivity contribution in [1.29, 1.82) is 0 Å². The Morgan fingerprint density at radius 1 is 1.14 bits per heavy atom. The maximum Gasteiger partial charge on any atom is 0.0870 e. The molecule has 1 saturated heterocycles. The van der Waals surface area contributed by atoms with Gasteiger partial charge in [0.05, 0.1) is 11.7 Å². The Labute approximate surface area is 131 Å². The molecule has 1 aliphatic rings. The molecule has 1 atom stereocenters. The fraction of sp³-hybridized carbons (Fsp3) is 0.471. The summed E-state index contributed by atoms with van der Waals surface area (Å²) >= 11 is 1.89. The van der Waals surface area contributed by atoms with Gasteiger partial charge in [0, 0.05) is 35.6 Å². The van der Waals surface area contributed by atoms with E-state index in [9.17, 15) is 0 Å². The average Bonchev–Trinajstić information content (AvgIpc) is 2.74. The monoisotopic (exact) mass is 301 g/mol. The minimum atomic E-state index is 0.296. The molecule has 3 rings (SSSR count). The van der Waals surface area contributed by atoms with Gasteiger partial charge >= 0.3 is 0 Å². The van der Waals surface area contributed by atoms with Crippen LogP contribution < -0.4 is 5.32 Å². The molecule has 4 heteroatoms. The fourth-order valence-electron chi connectivity index (χ4n) is 2.88. The zero-order valence-electron chi connectivity index (χ0n) is 12.8. The molecule has 3 nitrogen and oxygen atoms in total. The van der Waals surface area contributed by atoms with Crippen LogP contribution in [0, 0.1) is 13.8 Å². The third-order valence-electron chi connectivity index (χ3n) is 3.98. The van der Waals surface area contributed by atoms with E-state index in [2.05, 4.69) is 48.3 Å². The van der Waals surface area contributed by atoms with Gasteiger partial charge in [-0.2, -0.15) is 0 Å². The predicted molar refractivity (Wildman–Crippen MR) is 88.9 cm³/mol. The van der Waals surface area contributed by atoms with Crippen LogP contribution in [0.2, 0.25) is 0 Å². The predicted octanol–water partition coefficient (Wildman–Crippen LogP) is 3.14. The fourth-order valence-corrected chi connectivity index (χ4v) is 3.90. The molecule has 0 saturated carbocycles. The summed E-state index contributed by atoms with van der Waals surface area (Å²) in [5.41, 5.74) is 2.39. The van der Waals surface area contributed by atoms with Gasteiger partial charge in [-0.05, 0) is 50.6 Å². The van der Waals surface area contributed by atoms with Crippen molar-refractivity contribution in [3.8, 4) is 0 Å². The number of hydrogen-bond donors (Lipinski definition) is 1. The lowest BCUT2D eigenvalue weighted by Crippen LogP contribution is -2.33. The molecular formula is C17H23N3S. The van der Waals surface area contributed by atoms with Gasteiger partial charge in [0.2, 0.25) is 0 Å². The second-order valence-corrected chi connectivity index (χ2v) is 7.07. The Hall–Kier alpha value is -1.23. The Balaban J connectivity index is 1.95. The molecule has 112 valence electrons. The largest absolute Gasteiger partial charge is 0.315 e. The molecule has 0 spiro atoms. The highest BCUT2D eigenvalue weighted by atomic mass is 32.1. The summed E-state index contributed by atoms with van der Waals surface area (Å²) < 4.78 is 0. The molecule has 2 aromatic rings.